The summed E-state index contributed by atoms with van der Waals surface area (Å²) in [6, 6.07) is 81.7. The summed E-state index contributed by atoms with van der Waals surface area (Å²) in [7, 11) is 0. The second-order valence-electron chi connectivity index (χ2n) is 17.0. The molecule has 13 aromatic rings. The number of hydrogen-bond donors (Lipinski definition) is 0. The molecule has 1 heteroatoms. The molecule has 0 atom stereocenters. The van der Waals surface area contributed by atoms with Gasteiger partial charge in [0.15, 0.2) is 0 Å². The van der Waals surface area contributed by atoms with Crippen molar-refractivity contribution in [1.82, 2.24) is 0 Å². The SMILES string of the molecule is c1ccc(-c2c3c(c(-c4ccccc4)c4ccccc24)-c2ccc(-c4cc(-c5ccc6c7ccccc7c7ccccc7c6c5)cc5c4sc4ccccc45)c4cccc-3c24)cc1. The smallest absolute Gasteiger partial charge is 0.0434 e. The van der Waals surface area contributed by atoms with E-state index in [1.165, 1.54) is 141 Å². The van der Waals surface area contributed by atoms with Crippen LogP contribution in [0.25, 0.3) is 141 Å². The van der Waals surface area contributed by atoms with E-state index in [9.17, 15) is 0 Å². The maximum atomic E-state index is 2.48. The monoisotopic (exact) mass is 812 g/mol. The van der Waals surface area contributed by atoms with Gasteiger partial charge in [0, 0.05) is 25.7 Å². The third-order valence-electron chi connectivity index (χ3n) is 13.8. The summed E-state index contributed by atoms with van der Waals surface area (Å²) in [5, 5.41) is 15.6. The normalized spacial score (nSPS) is 12.1. The molecule has 0 N–H and O–H groups in total. The van der Waals surface area contributed by atoms with Gasteiger partial charge < -0.3 is 0 Å². The summed E-state index contributed by atoms with van der Waals surface area (Å²) in [5.74, 6) is 0. The minimum atomic E-state index is 1.23. The Labute approximate surface area is 368 Å². The first-order chi connectivity index (χ1) is 31.3. The van der Waals surface area contributed by atoms with Gasteiger partial charge in [-0.25, -0.2) is 0 Å². The van der Waals surface area contributed by atoms with Crippen molar-refractivity contribution in [2.75, 3.05) is 0 Å². The van der Waals surface area contributed by atoms with Gasteiger partial charge in [-0.3, -0.25) is 0 Å². The van der Waals surface area contributed by atoms with Crippen LogP contribution in [0, 0.1) is 0 Å². The summed E-state index contributed by atoms with van der Waals surface area (Å²) in [4.78, 5) is 0. The van der Waals surface area contributed by atoms with E-state index in [2.05, 4.69) is 218 Å². The lowest BCUT2D eigenvalue weighted by Crippen LogP contribution is -1.93. The van der Waals surface area contributed by atoms with Crippen LogP contribution in [-0.2, 0) is 0 Å². The van der Waals surface area contributed by atoms with Crippen LogP contribution in [0.3, 0.4) is 0 Å². The lowest BCUT2D eigenvalue weighted by Gasteiger charge is -2.20. The van der Waals surface area contributed by atoms with E-state index < -0.39 is 0 Å². The van der Waals surface area contributed by atoms with Crippen molar-refractivity contribution in [2.45, 2.75) is 0 Å². The first-order valence-corrected chi connectivity index (χ1v) is 22.7. The van der Waals surface area contributed by atoms with Crippen molar-refractivity contribution in [1.29, 1.82) is 0 Å². The molecule has 12 aromatic carbocycles. The molecular weight excluding hydrogens is 777 g/mol. The molecule has 290 valence electrons. The van der Waals surface area contributed by atoms with E-state index >= 15 is 0 Å². The highest BCUT2D eigenvalue weighted by Crippen LogP contribution is 2.59. The fraction of sp³-hybridized carbons (Fsp3) is 0. The summed E-state index contributed by atoms with van der Waals surface area (Å²) < 4.78 is 2.64. The zero-order chi connectivity index (χ0) is 41.2. The van der Waals surface area contributed by atoms with Crippen LogP contribution in [-0.4, -0.2) is 0 Å². The highest BCUT2D eigenvalue weighted by atomic mass is 32.1. The molecule has 0 unspecified atom stereocenters. The molecule has 0 spiro atoms. The van der Waals surface area contributed by atoms with Gasteiger partial charge in [-0.2, -0.15) is 0 Å². The van der Waals surface area contributed by atoms with Crippen LogP contribution in [0.4, 0.5) is 0 Å². The molecular formula is C62H36S. The Bertz CT molecular complexity index is 3930. The number of thiophene rings is 1. The third-order valence-corrected chi connectivity index (χ3v) is 15.0. The molecule has 1 heterocycles. The van der Waals surface area contributed by atoms with Gasteiger partial charge >= 0.3 is 0 Å². The summed E-state index contributed by atoms with van der Waals surface area (Å²) in [5.41, 5.74) is 15.4. The van der Waals surface area contributed by atoms with E-state index in [0.29, 0.717) is 0 Å². The molecule has 0 aliphatic heterocycles. The molecule has 63 heavy (non-hydrogen) atoms. The molecule has 0 fully saturated rings. The number of rotatable bonds is 4. The molecule has 1 aliphatic carbocycles. The van der Waals surface area contributed by atoms with Crippen molar-refractivity contribution in [3.8, 4) is 66.8 Å². The van der Waals surface area contributed by atoms with Crippen molar-refractivity contribution in [3.05, 3.63) is 218 Å². The second-order valence-corrected chi connectivity index (χ2v) is 18.1. The Morgan fingerprint density at radius 3 is 1.33 bits per heavy atom. The maximum Gasteiger partial charge on any atom is 0.0434 e. The van der Waals surface area contributed by atoms with Gasteiger partial charge in [-0.1, -0.05) is 194 Å². The van der Waals surface area contributed by atoms with Gasteiger partial charge in [-0.15, -0.1) is 11.3 Å². The summed E-state index contributed by atoms with van der Waals surface area (Å²) in [6.45, 7) is 0. The average molecular weight is 813 g/mol. The lowest BCUT2D eigenvalue weighted by atomic mass is 9.82. The van der Waals surface area contributed by atoms with E-state index in [1.807, 2.05) is 11.3 Å². The first kappa shape index (κ1) is 34.8. The largest absolute Gasteiger partial charge is 0.135 e. The topological polar surface area (TPSA) is 0 Å². The van der Waals surface area contributed by atoms with Crippen LogP contribution in [0.2, 0.25) is 0 Å². The Balaban J connectivity index is 1.07. The highest BCUT2D eigenvalue weighted by molar-refractivity contribution is 7.26. The van der Waals surface area contributed by atoms with Gasteiger partial charge in [0.25, 0.3) is 0 Å². The van der Waals surface area contributed by atoms with Crippen LogP contribution in [0.15, 0.2) is 218 Å². The van der Waals surface area contributed by atoms with Crippen molar-refractivity contribution in [3.63, 3.8) is 0 Å². The molecule has 0 saturated carbocycles. The van der Waals surface area contributed by atoms with E-state index in [4.69, 9.17) is 0 Å². The zero-order valence-corrected chi connectivity index (χ0v) is 35.0. The Kier molecular flexibility index (Phi) is 7.37. The van der Waals surface area contributed by atoms with E-state index in [1.54, 1.807) is 0 Å². The number of fused-ring (bicyclic) bond motifs is 13. The molecule has 14 rings (SSSR count). The van der Waals surface area contributed by atoms with Crippen LogP contribution < -0.4 is 0 Å². The molecule has 1 aromatic heterocycles. The van der Waals surface area contributed by atoms with Crippen LogP contribution >= 0.6 is 11.3 Å². The third kappa shape index (κ3) is 4.97. The van der Waals surface area contributed by atoms with E-state index in [-0.39, 0.29) is 0 Å². The predicted octanol–water partition coefficient (Wildman–Crippen LogP) is 18.1. The van der Waals surface area contributed by atoms with Crippen LogP contribution in [0.5, 0.6) is 0 Å². The Morgan fingerprint density at radius 1 is 0.222 bits per heavy atom. The van der Waals surface area contributed by atoms with Crippen LogP contribution in [0.1, 0.15) is 0 Å². The maximum absolute atomic E-state index is 2.48. The quantitative estimate of drug-likeness (QED) is 0.155. The predicted molar refractivity (Wildman–Crippen MR) is 273 cm³/mol. The average Bonchev–Trinajstić information content (AvgIpc) is 3.90. The zero-order valence-electron chi connectivity index (χ0n) is 34.2. The molecule has 0 amide bonds. The van der Waals surface area contributed by atoms with E-state index in [0.717, 1.165) is 0 Å². The molecule has 0 radical (unpaired) electrons. The second kappa shape index (κ2) is 13.3. The van der Waals surface area contributed by atoms with Crippen molar-refractivity contribution >= 4 is 85.4 Å². The minimum absolute atomic E-state index is 1.23. The molecule has 0 bridgehead atoms. The van der Waals surface area contributed by atoms with Crippen molar-refractivity contribution < 1.29 is 0 Å². The Morgan fingerprint density at radius 2 is 0.698 bits per heavy atom. The van der Waals surface area contributed by atoms with Gasteiger partial charge in [0.05, 0.1) is 0 Å². The highest BCUT2D eigenvalue weighted by Gasteiger charge is 2.31. The van der Waals surface area contributed by atoms with Gasteiger partial charge in [0.2, 0.25) is 0 Å². The van der Waals surface area contributed by atoms with Gasteiger partial charge in [-0.05, 0) is 139 Å². The summed E-state index contributed by atoms with van der Waals surface area (Å²) >= 11 is 1.91. The number of hydrogen-bond acceptors (Lipinski definition) is 1. The first-order valence-electron chi connectivity index (χ1n) is 21.8. The minimum Gasteiger partial charge on any atom is -0.135 e. The fourth-order valence-electron chi connectivity index (χ4n) is 11.1. The molecule has 0 nitrogen and oxygen atoms in total. The molecule has 1 aliphatic rings. The standard InChI is InChI=1S/C62H36S/c1-3-16-37(17-4-1)57-49-25-11-12-26-50(49)58(38-18-5-2-6-19-38)61-52-33-32-46(48-27-15-28-51(59(48)52)60(57)61)54-35-40(36-55-47-24-13-14-29-56(47)63-62(54)55)39-30-31-45-43-22-8-7-20-41(43)42-21-9-10-23-44(42)53(45)34-39/h1-36H. The number of benzene rings is 12. The molecule has 0 saturated heterocycles. The Hall–Kier alpha value is -7.84. The summed E-state index contributed by atoms with van der Waals surface area (Å²) in [6.07, 6.45) is 0. The van der Waals surface area contributed by atoms with Gasteiger partial charge in [0.1, 0.15) is 0 Å². The lowest BCUT2D eigenvalue weighted by molar-refractivity contribution is 1.62. The fourth-order valence-corrected chi connectivity index (χ4v) is 12.3. The van der Waals surface area contributed by atoms with Crippen molar-refractivity contribution in [2.24, 2.45) is 0 Å².